The molecule has 0 aromatic rings. The molecule has 0 aliphatic rings. The predicted octanol–water partition coefficient (Wildman–Crippen LogP) is 1.02. The van der Waals surface area contributed by atoms with E-state index in [-0.39, 0.29) is 4.75 Å². The van der Waals surface area contributed by atoms with Crippen LogP contribution in [0.2, 0.25) is 0 Å². The Morgan fingerprint density at radius 1 is 1.17 bits per heavy atom. The number of carbonyl (C=O) groups is 1. The van der Waals surface area contributed by atoms with Crippen molar-refractivity contribution in [3.8, 4) is 0 Å². The van der Waals surface area contributed by atoms with Crippen molar-refractivity contribution in [2.24, 2.45) is 0 Å². The van der Waals surface area contributed by atoms with E-state index >= 15 is 0 Å². The van der Waals surface area contributed by atoms with E-state index in [1.807, 2.05) is 20.8 Å². The molecule has 1 N–H and O–H groups in total. The normalized spacial score (nSPS) is 15.8. The summed E-state index contributed by atoms with van der Waals surface area (Å²) in [4.78, 5) is 10.5. The molecule has 4 heteroatoms. The van der Waals surface area contributed by atoms with E-state index in [0.29, 0.717) is 0 Å². The standard InChI is InChI=1S/C8H17NO2S/c1-7(2,3)12(11)9-8(4,5)6-10/h6,9H,1-5H3. The molecular weight excluding hydrogens is 174 g/mol. The molecule has 0 heterocycles. The lowest BCUT2D eigenvalue weighted by Gasteiger charge is -2.25. The quantitative estimate of drug-likeness (QED) is 0.677. The fourth-order valence-electron chi connectivity index (χ4n) is 0.416. The Labute approximate surface area is 76.5 Å². The highest BCUT2D eigenvalue weighted by Crippen LogP contribution is 2.11. The Morgan fingerprint density at radius 3 is 1.83 bits per heavy atom. The number of nitrogens with one attached hydrogen (secondary N) is 1. The molecule has 0 radical (unpaired) electrons. The van der Waals surface area contributed by atoms with Gasteiger partial charge in [0, 0.05) is 0 Å². The number of rotatable bonds is 3. The molecule has 1 atom stereocenters. The summed E-state index contributed by atoms with van der Waals surface area (Å²) in [5.74, 6) is 0. The summed E-state index contributed by atoms with van der Waals surface area (Å²) < 4.78 is 13.9. The van der Waals surface area contributed by atoms with Crippen molar-refractivity contribution in [1.82, 2.24) is 4.72 Å². The first-order valence-corrected chi connectivity index (χ1v) is 5.00. The van der Waals surface area contributed by atoms with Gasteiger partial charge in [-0.15, -0.1) is 0 Å². The molecular formula is C8H17NO2S. The smallest absolute Gasteiger partial charge is 0.140 e. The van der Waals surface area contributed by atoms with Crippen LogP contribution < -0.4 is 4.72 Å². The van der Waals surface area contributed by atoms with Gasteiger partial charge in [-0.3, -0.25) is 0 Å². The predicted molar refractivity (Wildman–Crippen MR) is 51.2 cm³/mol. The Hall–Kier alpha value is -0.220. The van der Waals surface area contributed by atoms with Crippen LogP contribution in [0.3, 0.4) is 0 Å². The molecule has 12 heavy (non-hydrogen) atoms. The van der Waals surface area contributed by atoms with Gasteiger partial charge in [0.05, 0.1) is 21.3 Å². The largest absolute Gasteiger partial charge is 0.301 e. The Morgan fingerprint density at radius 2 is 1.58 bits per heavy atom. The van der Waals surface area contributed by atoms with Crippen LogP contribution in [-0.4, -0.2) is 20.8 Å². The minimum absolute atomic E-state index is 0.333. The molecule has 0 spiro atoms. The molecule has 0 aromatic carbocycles. The van der Waals surface area contributed by atoms with Gasteiger partial charge >= 0.3 is 0 Å². The molecule has 0 bridgehead atoms. The number of aldehydes is 1. The van der Waals surface area contributed by atoms with Gasteiger partial charge in [0.2, 0.25) is 0 Å². The fourth-order valence-corrected chi connectivity index (χ4v) is 1.25. The topological polar surface area (TPSA) is 46.2 Å². The first-order chi connectivity index (χ1) is 5.19. The molecule has 0 saturated heterocycles. The lowest BCUT2D eigenvalue weighted by molar-refractivity contribution is -0.111. The SMILES string of the molecule is CC(C)(C=O)NS(=O)C(C)(C)C. The summed E-state index contributed by atoms with van der Waals surface area (Å²) in [7, 11) is -1.19. The van der Waals surface area contributed by atoms with Crippen LogP contribution in [0.1, 0.15) is 34.6 Å². The van der Waals surface area contributed by atoms with Crippen molar-refractivity contribution in [2.75, 3.05) is 0 Å². The Kier molecular flexibility index (Phi) is 3.59. The molecule has 0 fully saturated rings. The number of carbonyl (C=O) groups excluding carboxylic acids is 1. The maximum atomic E-state index is 11.5. The second-order valence-corrected chi connectivity index (χ2v) is 6.29. The minimum Gasteiger partial charge on any atom is -0.301 e. The average molecular weight is 191 g/mol. The Bertz CT molecular complexity index is 194. The maximum absolute atomic E-state index is 11.5. The van der Waals surface area contributed by atoms with Crippen molar-refractivity contribution < 1.29 is 9.00 Å². The zero-order valence-corrected chi connectivity index (χ0v) is 9.12. The molecule has 0 rings (SSSR count). The molecule has 0 amide bonds. The lowest BCUT2D eigenvalue weighted by Crippen LogP contribution is -2.47. The molecule has 0 aromatic heterocycles. The molecule has 3 nitrogen and oxygen atoms in total. The molecule has 72 valence electrons. The summed E-state index contributed by atoms with van der Waals surface area (Å²) in [6.07, 6.45) is 0.761. The summed E-state index contributed by atoms with van der Waals surface area (Å²) in [5.41, 5.74) is -0.710. The minimum atomic E-state index is -1.19. The highest BCUT2D eigenvalue weighted by atomic mass is 32.2. The van der Waals surface area contributed by atoms with E-state index in [4.69, 9.17) is 0 Å². The van der Waals surface area contributed by atoms with Crippen molar-refractivity contribution in [3.05, 3.63) is 0 Å². The van der Waals surface area contributed by atoms with Crippen molar-refractivity contribution >= 4 is 17.3 Å². The van der Waals surface area contributed by atoms with Gasteiger partial charge in [0.15, 0.2) is 0 Å². The van der Waals surface area contributed by atoms with E-state index in [2.05, 4.69) is 4.72 Å². The first-order valence-electron chi connectivity index (χ1n) is 3.85. The van der Waals surface area contributed by atoms with Crippen LogP contribution in [0, 0.1) is 0 Å². The van der Waals surface area contributed by atoms with E-state index in [0.717, 1.165) is 6.29 Å². The summed E-state index contributed by atoms with van der Waals surface area (Å²) in [6, 6.07) is 0. The zero-order chi connectivity index (χ0) is 9.99. The molecule has 0 saturated carbocycles. The van der Waals surface area contributed by atoms with Gasteiger partial charge in [-0.25, -0.2) is 8.93 Å². The second kappa shape index (κ2) is 3.66. The van der Waals surface area contributed by atoms with Crippen LogP contribution in [0.4, 0.5) is 0 Å². The van der Waals surface area contributed by atoms with Crippen LogP contribution in [0.15, 0.2) is 0 Å². The van der Waals surface area contributed by atoms with E-state index < -0.39 is 16.5 Å². The average Bonchev–Trinajstić information content (AvgIpc) is 1.85. The van der Waals surface area contributed by atoms with E-state index in [1.54, 1.807) is 13.8 Å². The lowest BCUT2D eigenvalue weighted by atomic mass is 10.1. The third-order valence-electron chi connectivity index (χ3n) is 1.21. The van der Waals surface area contributed by atoms with Crippen molar-refractivity contribution in [2.45, 2.75) is 44.9 Å². The van der Waals surface area contributed by atoms with Crippen molar-refractivity contribution in [1.29, 1.82) is 0 Å². The molecule has 1 unspecified atom stereocenters. The number of hydrogen-bond acceptors (Lipinski definition) is 2. The van der Waals surface area contributed by atoms with Crippen LogP contribution >= 0.6 is 0 Å². The maximum Gasteiger partial charge on any atom is 0.140 e. The van der Waals surface area contributed by atoms with Gasteiger partial charge in [-0.05, 0) is 34.6 Å². The molecule has 0 aliphatic heterocycles. The van der Waals surface area contributed by atoms with Crippen LogP contribution in [0.5, 0.6) is 0 Å². The molecule has 0 aliphatic carbocycles. The van der Waals surface area contributed by atoms with Gasteiger partial charge in [-0.1, -0.05) is 0 Å². The van der Waals surface area contributed by atoms with Gasteiger partial charge in [0.1, 0.15) is 6.29 Å². The first kappa shape index (κ1) is 11.8. The van der Waals surface area contributed by atoms with Gasteiger partial charge < -0.3 is 4.79 Å². The summed E-state index contributed by atoms with van der Waals surface area (Å²) >= 11 is 0. The number of hydrogen-bond donors (Lipinski definition) is 1. The fraction of sp³-hybridized carbons (Fsp3) is 0.875. The second-order valence-electron chi connectivity index (χ2n) is 4.32. The highest BCUT2D eigenvalue weighted by Gasteiger charge is 2.26. The van der Waals surface area contributed by atoms with Gasteiger partial charge in [-0.2, -0.15) is 0 Å². The summed E-state index contributed by atoms with van der Waals surface area (Å²) in [6.45, 7) is 8.97. The highest BCUT2D eigenvalue weighted by molar-refractivity contribution is 7.84. The third kappa shape index (κ3) is 3.97. The van der Waals surface area contributed by atoms with Crippen LogP contribution in [-0.2, 0) is 15.8 Å². The Balaban J connectivity index is 4.29. The third-order valence-corrected chi connectivity index (χ3v) is 3.03. The summed E-state index contributed by atoms with van der Waals surface area (Å²) in [5, 5.41) is 0. The zero-order valence-electron chi connectivity index (χ0n) is 8.30. The van der Waals surface area contributed by atoms with E-state index in [9.17, 15) is 9.00 Å². The van der Waals surface area contributed by atoms with E-state index in [1.165, 1.54) is 0 Å². The van der Waals surface area contributed by atoms with Crippen molar-refractivity contribution in [3.63, 3.8) is 0 Å². The van der Waals surface area contributed by atoms with Gasteiger partial charge in [0.25, 0.3) is 0 Å². The van der Waals surface area contributed by atoms with Crippen LogP contribution in [0.25, 0.3) is 0 Å². The monoisotopic (exact) mass is 191 g/mol.